The van der Waals surface area contributed by atoms with Gasteiger partial charge in [0.2, 0.25) is 11.6 Å². The number of nitrogens with zero attached hydrogens (tertiary/aromatic N) is 2. The number of oxazole rings is 1. The second-order valence-electron chi connectivity index (χ2n) is 4.45. The van der Waals surface area contributed by atoms with Crippen LogP contribution in [0, 0.1) is 0 Å². The molecule has 2 aromatic heterocycles. The molecule has 2 heterocycles. The monoisotopic (exact) mass is 309 g/mol. The SMILES string of the molecule is CC(Br)C(=O)Nc1ccc2oc(C3CC3)nc2n1. The summed E-state index contributed by atoms with van der Waals surface area (Å²) in [5.41, 5.74) is 1.22. The Morgan fingerprint density at radius 1 is 1.50 bits per heavy atom. The number of alkyl halides is 1. The number of carbonyl (C=O) groups excluding carboxylic acids is 1. The van der Waals surface area contributed by atoms with E-state index in [0.29, 0.717) is 23.0 Å². The Hall–Kier alpha value is -1.43. The maximum Gasteiger partial charge on any atom is 0.239 e. The number of carbonyl (C=O) groups is 1. The van der Waals surface area contributed by atoms with Crippen molar-refractivity contribution in [2.24, 2.45) is 0 Å². The molecule has 0 saturated heterocycles. The van der Waals surface area contributed by atoms with Crippen molar-refractivity contribution >= 4 is 38.9 Å². The van der Waals surface area contributed by atoms with Gasteiger partial charge in [0.25, 0.3) is 0 Å². The Morgan fingerprint density at radius 2 is 2.28 bits per heavy atom. The van der Waals surface area contributed by atoms with Gasteiger partial charge in [-0.3, -0.25) is 4.79 Å². The first-order valence-corrected chi connectivity index (χ1v) is 6.77. The van der Waals surface area contributed by atoms with E-state index in [2.05, 4.69) is 31.2 Å². The Labute approximate surface area is 112 Å². The highest BCUT2D eigenvalue weighted by Crippen LogP contribution is 2.40. The average molecular weight is 310 g/mol. The van der Waals surface area contributed by atoms with E-state index in [1.807, 2.05) is 0 Å². The van der Waals surface area contributed by atoms with Gasteiger partial charge in [-0.2, -0.15) is 4.98 Å². The van der Waals surface area contributed by atoms with Gasteiger partial charge in [0.15, 0.2) is 11.5 Å². The molecule has 6 heteroatoms. The molecule has 5 nitrogen and oxygen atoms in total. The van der Waals surface area contributed by atoms with Crippen molar-refractivity contribution in [3.8, 4) is 0 Å². The molecule has 94 valence electrons. The molecule has 1 aliphatic rings. The van der Waals surface area contributed by atoms with Crippen LogP contribution in [0.1, 0.15) is 31.6 Å². The Kier molecular flexibility index (Phi) is 2.81. The summed E-state index contributed by atoms with van der Waals surface area (Å²) in [5, 5.41) is 2.71. The van der Waals surface area contributed by atoms with Crippen LogP contribution in [0.25, 0.3) is 11.2 Å². The first-order chi connectivity index (χ1) is 8.63. The van der Waals surface area contributed by atoms with Crippen molar-refractivity contribution < 1.29 is 9.21 Å². The van der Waals surface area contributed by atoms with Crippen LogP contribution < -0.4 is 5.32 Å². The number of fused-ring (bicyclic) bond motifs is 1. The number of anilines is 1. The van der Waals surface area contributed by atoms with E-state index >= 15 is 0 Å². The lowest BCUT2D eigenvalue weighted by molar-refractivity contribution is -0.115. The number of hydrogen-bond donors (Lipinski definition) is 1. The number of rotatable bonds is 3. The van der Waals surface area contributed by atoms with Gasteiger partial charge in [-0.1, -0.05) is 15.9 Å². The predicted molar refractivity (Wildman–Crippen MR) is 70.8 cm³/mol. The van der Waals surface area contributed by atoms with Crippen molar-refractivity contribution in [3.05, 3.63) is 18.0 Å². The maximum atomic E-state index is 11.5. The molecule has 1 saturated carbocycles. The third kappa shape index (κ3) is 2.25. The summed E-state index contributed by atoms with van der Waals surface area (Å²) in [6.07, 6.45) is 2.27. The van der Waals surface area contributed by atoms with E-state index < -0.39 is 0 Å². The molecule has 1 amide bonds. The quantitative estimate of drug-likeness (QED) is 0.885. The minimum absolute atomic E-state index is 0.132. The van der Waals surface area contributed by atoms with Crippen molar-refractivity contribution in [2.75, 3.05) is 5.32 Å². The molecule has 1 unspecified atom stereocenters. The molecule has 3 rings (SSSR count). The van der Waals surface area contributed by atoms with Gasteiger partial charge in [0.1, 0.15) is 5.82 Å². The molecule has 0 spiro atoms. The molecule has 2 aromatic rings. The van der Waals surface area contributed by atoms with Gasteiger partial charge in [0.05, 0.1) is 4.83 Å². The average Bonchev–Trinajstić information content (AvgIpc) is 3.09. The van der Waals surface area contributed by atoms with Crippen molar-refractivity contribution in [3.63, 3.8) is 0 Å². The first kappa shape index (κ1) is 11.6. The van der Waals surface area contributed by atoms with E-state index in [4.69, 9.17) is 4.42 Å². The van der Waals surface area contributed by atoms with E-state index in [0.717, 1.165) is 18.7 Å². The zero-order valence-electron chi connectivity index (χ0n) is 9.81. The molecule has 1 atom stereocenters. The molecule has 18 heavy (non-hydrogen) atoms. The van der Waals surface area contributed by atoms with Gasteiger partial charge in [0, 0.05) is 5.92 Å². The van der Waals surface area contributed by atoms with E-state index in [1.165, 1.54) is 0 Å². The van der Waals surface area contributed by atoms with Gasteiger partial charge in [-0.15, -0.1) is 0 Å². The minimum Gasteiger partial charge on any atom is -0.439 e. The van der Waals surface area contributed by atoms with Gasteiger partial charge in [-0.25, -0.2) is 4.98 Å². The highest BCUT2D eigenvalue weighted by molar-refractivity contribution is 9.10. The van der Waals surface area contributed by atoms with Crippen LogP contribution in [0.15, 0.2) is 16.5 Å². The minimum atomic E-state index is -0.255. The van der Waals surface area contributed by atoms with Crippen molar-refractivity contribution in [1.29, 1.82) is 0 Å². The molecular formula is C12H12BrN3O2. The third-order valence-electron chi connectivity index (χ3n) is 2.81. The molecule has 0 bridgehead atoms. The largest absolute Gasteiger partial charge is 0.439 e. The molecular weight excluding hydrogens is 298 g/mol. The van der Waals surface area contributed by atoms with E-state index in [9.17, 15) is 4.79 Å². The van der Waals surface area contributed by atoms with Crippen LogP contribution in [-0.2, 0) is 4.79 Å². The summed E-state index contributed by atoms with van der Waals surface area (Å²) in [6, 6.07) is 3.51. The van der Waals surface area contributed by atoms with Gasteiger partial charge < -0.3 is 9.73 Å². The lowest BCUT2D eigenvalue weighted by Crippen LogP contribution is -2.20. The zero-order valence-corrected chi connectivity index (χ0v) is 11.4. The lowest BCUT2D eigenvalue weighted by Gasteiger charge is -2.04. The fraction of sp³-hybridized carbons (Fsp3) is 0.417. The van der Waals surface area contributed by atoms with Crippen LogP contribution in [-0.4, -0.2) is 20.7 Å². The zero-order chi connectivity index (χ0) is 12.7. The second-order valence-corrected chi connectivity index (χ2v) is 5.82. The maximum absolute atomic E-state index is 11.5. The van der Waals surface area contributed by atoms with Crippen LogP contribution in [0.5, 0.6) is 0 Å². The van der Waals surface area contributed by atoms with Gasteiger partial charge >= 0.3 is 0 Å². The summed E-state index contributed by atoms with van der Waals surface area (Å²) in [6.45, 7) is 1.76. The highest BCUT2D eigenvalue weighted by Gasteiger charge is 2.29. The van der Waals surface area contributed by atoms with E-state index in [1.54, 1.807) is 19.1 Å². The number of hydrogen-bond acceptors (Lipinski definition) is 4. The van der Waals surface area contributed by atoms with Crippen LogP contribution in [0.3, 0.4) is 0 Å². The van der Waals surface area contributed by atoms with Crippen LogP contribution in [0.2, 0.25) is 0 Å². The fourth-order valence-electron chi connectivity index (χ4n) is 1.64. The molecule has 0 radical (unpaired) electrons. The predicted octanol–water partition coefficient (Wildman–Crippen LogP) is 2.82. The molecule has 1 N–H and O–H groups in total. The molecule has 0 aromatic carbocycles. The number of amides is 1. The standard InChI is InChI=1S/C12H12BrN3O2/c1-6(13)11(17)15-9-5-4-8-10(14-9)16-12(18-8)7-2-3-7/h4-7H,2-3H2,1H3,(H,14,15,17). The Balaban J connectivity index is 1.88. The normalized spacial score (nSPS) is 16.8. The Morgan fingerprint density at radius 3 is 2.94 bits per heavy atom. The molecule has 0 aliphatic heterocycles. The highest BCUT2D eigenvalue weighted by atomic mass is 79.9. The summed E-state index contributed by atoms with van der Waals surface area (Å²) in [4.78, 5) is 19.9. The van der Waals surface area contributed by atoms with Crippen molar-refractivity contribution in [2.45, 2.75) is 30.5 Å². The number of halogens is 1. The topological polar surface area (TPSA) is 68.0 Å². The third-order valence-corrected chi connectivity index (χ3v) is 3.22. The summed E-state index contributed by atoms with van der Waals surface area (Å²) < 4.78 is 5.60. The Bertz CT molecular complexity index is 604. The van der Waals surface area contributed by atoms with Crippen molar-refractivity contribution in [1.82, 2.24) is 9.97 Å². The fourth-order valence-corrected chi connectivity index (χ4v) is 1.75. The lowest BCUT2D eigenvalue weighted by atomic mass is 10.4. The number of pyridine rings is 1. The number of nitrogens with one attached hydrogen (secondary N) is 1. The first-order valence-electron chi connectivity index (χ1n) is 5.86. The summed E-state index contributed by atoms with van der Waals surface area (Å²) in [5.74, 6) is 1.58. The van der Waals surface area contributed by atoms with E-state index in [-0.39, 0.29) is 10.7 Å². The second kappa shape index (κ2) is 4.35. The molecule has 1 aliphatic carbocycles. The summed E-state index contributed by atoms with van der Waals surface area (Å²) in [7, 11) is 0. The van der Waals surface area contributed by atoms with Crippen LogP contribution >= 0.6 is 15.9 Å². The van der Waals surface area contributed by atoms with Crippen LogP contribution in [0.4, 0.5) is 5.82 Å². The van der Waals surface area contributed by atoms with Gasteiger partial charge in [-0.05, 0) is 31.9 Å². The number of aromatic nitrogens is 2. The summed E-state index contributed by atoms with van der Waals surface area (Å²) >= 11 is 3.20. The smallest absolute Gasteiger partial charge is 0.239 e. The molecule has 1 fully saturated rings.